The molecular weight excluding hydrogens is 316 g/mol. The van der Waals surface area contributed by atoms with Crippen LogP contribution in [-0.2, 0) is 20.5 Å². The molecule has 2 heterocycles. The highest BCUT2D eigenvalue weighted by Crippen LogP contribution is 2.34. The molecule has 0 aliphatic heterocycles. The summed E-state index contributed by atoms with van der Waals surface area (Å²) < 4.78 is 5.23. The van der Waals surface area contributed by atoms with Gasteiger partial charge in [0.05, 0.1) is 6.04 Å². The van der Waals surface area contributed by atoms with Gasteiger partial charge in [0, 0.05) is 45.0 Å². The lowest BCUT2D eigenvalue weighted by atomic mass is 9.79. The molecule has 0 saturated heterocycles. The first-order valence-electron chi connectivity index (χ1n) is 9.46. The van der Waals surface area contributed by atoms with Crippen molar-refractivity contribution in [2.75, 3.05) is 0 Å². The van der Waals surface area contributed by atoms with Gasteiger partial charge in [-0.2, -0.15) is 10.2 Å². The normalized spacial score (nSPS) is 29.5. The van der Waals surface area contributed by atoms with E-state index in [0.29, 0.717) is 24.0 Å². The molecule has 2 aromatic heterocycles. The minimum absolute atomic E-state index is 0.0311. The molecule has 136 valence electrons. The predicted molar refractivity (Wildman–Crippen MR) is 95.3 cm³/mol. The van der Waals surface area contributed by atoms with Crippen LogP contribution >= 0.6 is 0 Å². The minimum Gasteiger partial charge on any atom is -0.311 e. The van der Waals surface area contributed by atoms with Crippen molar-refractivity contribution < 1.29 is 0 Å². The monoisotopic (exact) mass is 344 g/mol. The van der Waals surface area contributed by atoms with E-state index >= 15 is 0 Å². The van der Waals surface area contributed by atoms with Crippen molar-refractivity contribution >= 4 is 0 Å². The van der Waals surface area contributed by atoms with E-state index in [4.69, 9.17) is 0 Å². The first-order valence-corrected chi connectivity index (χ1v) is 9.46. The second kappa shape index (κ2) is 6.78. The largest absolute Gasteiger partial charge is 0.345 e. The molecule has 4 rings (SSSR count). The molecule has 7 heteroatoms. The Kier molecular flexibility index (Phi) is 4.50. The van der Waals surface area contributed by atoms with Crippen LogP contribution in [0, 0.1) is 5.92 Å². The van der Waals surface area contributed by atoms with Crippen molar-refractivity contribution in [2.45, 2.75) is 63.1 Å². The Morgan fingerprint density at radius 2 is 2.04 bits per heavy atom. The van der Waals surface area contributed by atoms with Crippen molar-refractivity contribution in [1.82, 2.24) is 29.4 Å². The average molecular weight is 344 g/mol. The second-order valence-corrected chi connectivity index (χ2v) is 7.71. The molecule has 2 fully saturated rings. The van der Waals surface area contributed by atoms with E-state index in [2.05, 4.69) is 26.4 Å². The van der Waals surface area contributed by atoms with Crippen molar-refractivity contribution in [3.63, 3.8) is 0 Å². The summed E-state index contributed by atoms with van der Waals surface area (Å²) in [6, 6.07) is 3.67. The highest BCUT2D eigenvalue weighted by molar-refractivity contribution is 4.97. The maximum absolute atomic E-state index is 11.9. The third-order valence-electron chi connectivity index (χ3n) is 6.03. The van der Waals surface area contributed by atoms with Crippen LogP contribution in [0.2, 0.25) is 0 Å². The van der Waals surface area contributed by atoms with Crippen molar-refractivity contribution in [3.05, 3.63) is 34.8 Å². The third kappa shape index (κ3) is 3.29. The minimum atomic E-state index is -0.0311. The van der Waals surface area contributed by atoms with Crippen LogP contribution in [0.3, 0.4) is 0 Å². The van der Waals surface area contributed by atoms with Crippen molar-refractivity contribution in [2.24, 2.45) is 20.0 Å². The van der Waals surface area contributed by atoms with Gasteiger partial charge in [0.2, 0.25) is 0 Å². The summed E-state index contributed by atoms with van der Waals surface area (Å²) in [5, 5.41) is 12.7. The molecule has 1 N–H and O–H groups in total. The Balaban J connectivity index is 1.37. The molecule has 0 bridgehead atoms. The zero-order valence-electron chi connectivity index (χ0n) is 15.1. The van der Waals surface area contributed by atoms with Crippen LogP contribution in [-0.4, -0.2) is 36.2 Å². The van der Waals surface area contributed by atoms with Gasteiger partial charge in [-0.05, 0) is 37.7 Å². The molecule has 7 nitrogen and oxygen atoms in total. The van der Waals surface area contributed by atoms with E-state index in [9.17, 15) is 4.79 Å². The average Bonchev–Trinajstić information content (AvgIpc) is 3.17. The summed E-state index contributed by atoms with van der Waals surface area (Å²) in [6.45, 7) is 0. The van der Waals surface area contributed by atoms with Gasteiger partial charge < -0.3 is 5.32 Å². The van der Waals surface area contributed by atoms with Crippen LogP contribution in [0.15, 0.2) is 23.3 Å². The van der Waals surface area contributed by atoms with Gasteiger partial charge in [-0.1, -0.05) is 12.8 Å². The lowest BCUT2D eigenvalue weighted by Crippen LogP contribution is -2.50. The maximum atomic E-state index is 11.9. The summed E-state index contributed by atoms with van der Waals surface area (Å²) >= 11 is 0. The second-order valence-electron chi connectivity index (χ2n) is 7.71. The number of hydrogen-bond acceptors (Lipinski definition) is 4. The number of nitrogens with zero attached hydrogens (tertiary/aromatic N) is 5. The van der Waals surface area contributed by atoms with Crippen LogP contribution in [0.5, 0.6) is 0 Å². The van der Waals surface area contributed by atoms with Gasteiger partial charge in [0.15, 0.2) is 0 Å². The summed E-state index contributed by atoms with van der Waals surface area (Å²) in [7, 11) is 3.56. The first-order chi connectivity index (χ1) is 12.1. The molecular formula is C18H28N6O. The van der Waals surface area contributed by atoms with Gasteiger partial charge >= 0.3 is 5.69 Å². The van der Waals surface area contributed by atoms with Gasteiger partial charge in [-0.25, -0.2) is 9.48 Å². The Bertz CT molecular complexity index is 755. The summed E-state index contributed by atoms with van der Waals surface area (Å²) in [6.07, 6.45) is 12.2. The molecule has 0 unspecified atom stereocenters. The van der Waals surface area contributed by atoms with Crippen molar-refractivity contribution in [1.29, 1.82) is 0 Å². The van der Waals surface area contributed by atoms with Gasteiger partial charge in [0.1, 0.15) is 5.82 Å². The maximum Gasteiger partial charge on any atom is 0.345 e. The van der Waals surface area contributed by atoms with Crippen LogP contribution < -0.4 is 11.0 Å². The van der Waals surface area contributed by atoms with Gasteiger partial charge in [-0.15, -0.1) is 0 Å². The first kappa shape index (κ1) is 16.6. The summed E-state index contributed by atoms with van der Waals surface area (Å²) in [4.78, 5) is 11.9. The predicted octanol–water partition coefficient (Wildman–Crippen LogP) is 1.41. The van der Waals surface area contributed by atoms with Crippen LogP contribution in [0.4, 0.5) is 0 Å². The molecule has 2 atom stereocenters. The fraction of sp³-hybridized carbons (Fsp3) is 0.722. The molecule has 0 spiro atoms. The van der Waals surface area contributed by atoms with E-state index in [1.807, 2.05) is 19.3 Å². The molecule has 25 heavy (non-hydrogen) atoms. The number of hydrogen-bond donors (Lipinski definition) is 1. The molecule has 2 aliphatic carbocycles. The van der Waals surface area contributed by atoms with Crippen LogP contribution in [0.25, 0.3) is 0 Å². The van der Waals surface area contributed by atoms with E-state index in [1.54, 1.807) is 11.6 Å². The topological polar surface area (TPSA) is 69.7 Å². The molecule has 2 aromatic rings. The van der Waals surface area contributed by atoms with E-state index < -0.39 is 0 Å². The quantitative estimate of drug-likeness (QED) is 0.890. The Morgan fingerprint density at radius 1 is 1.24 bits per heavy atom. The molecule has 2 aliphatic rings. The zero-order chi connectivity index (χ0) is 17.4. The van der Waals surface area contributed by atoms with Crippen molar-refractivity contribution in [3.8, 4) is 0 Å². The number of rotatable bonds is 5. The Labute approximate surface area is 148 Å². The van der Waals surface area contributed by atoms with E-state index in [-0.39, 0.29) is 5.69 Å². The Morgan fingerprint density at radius 3 is 2.72 bits per heavy atom. The highest BCUT2D eigenvalue weighted by atomic mass is 16.2. The number of aromatic nitrogens is 5. The molecule has 2 saturated carbocycles. The van der Waals surface area contributed by atoms with E-state index in [1.165, 1.54) is 30.4 Å². The standard InChI is InChI=1S/C18H28N6O/c1-22-17(21-23(2)18(22)25)10-13-6-3-4-7-16(13)20-14-11-15(12-14)24-9-5-8-19-24/h5,8-9,13-16,20H,3-4,6-7,10-12H2,1-2H3/t13-,14?,15?,16-/m1/s1. The lowest BCUT2D eigenvalue weighted by molar-refractivity contribution is 0.156. The Hall–Kier alpha value is -1.89. The molecule has 0 radical (unpaired) electrons. The number of nitrogens with one attached hydrogen (secondary N) is 1. The van der Waals surface area contributed by atoms with Gasteiger partial charge in [0.25, 0.3) is 0 Å². The SMILES string of the molecule is Cn1nc(C[C@H]2CCCC[C@H]2NC2CC(n3cccn3)C2)n(C)c1=O. The molecule has 0 amide bonds. The van der Waals surface area contributed by atoms with Crippen LogP contribution in [0.1, 0.15) is 50.4 Å². The number of aryl methyl sites for hydroxylation is 1. The fourth-order valence-electron chi connectivity index (χ4n) is 4.43. The highest BCUT2D eigenvalue weighted by Gasteiger charge is 2.35. The smallest absolute Gasteiger partial charge is 0.311 e. The summed E-state index contributed by atoms with van der Waals surface area (Å²) in [5.74, 6) is 1.48. The fourth-order valence-corrected chi connectivity index (χ4v) is 4.43. The van der Waals surface area contributed by atoms with Gasteiger partial charge in [-0.3, -0.25) is 9.25 Å². The zero-order valence-corrected chi connectivity index (χ0v) is 15.1. The van der Waals surface area contributed by atoms with E-state index in [0.717, 1.165) is 25.1 Å². The third-order valence-corrected chi connectivity index (χ3v) is 6.03. The molecule has 0 aromatic carbocycles. The summed E-state index contributed by atoms with van der Waals surface area (Å²) in [5.41, 5.74) is -0.0311. The lowest BCUT2D eigenvalue weighted by Gasteiger charge is -2.42.